The summed E-state index contributed by atoms with van der Waals surface area (Å²) in [4.78, 5) is 22.5. The van der Waals surface area contributed by atoms with Crippen molar-refractivity contribution in [2.75, 3.05) is 13.1 Å². The number of halogens is 1. The van der Waals surface area contributed by atoms with Gasteiger partial charge in [-0.1, -0.05) is 23.7 Å². The van der Waals surface area contributed by atoms with Crippen molar-refractivity contribution in [3.63, 3.8) is 0 Å². The number of benzene rings is 3. The first-order valence-corrected chi connectivity index (χ1v) is 15.0. The summed E-state index contributed by atoms with van der Waals surface area (Å²) in [6, 6.07) is 16.2. The van der Waals surface area contributed by atoms with Crippen LogP contribution in [-0.2, 0) is 9.53 Å². The van der Waals surface area contributed by atoms with Gasteiger partial charge in [-0.25, -0.2) is 14.8 Å². The van der Waals surface area contributed by atoms with Crippen molar-refractivity contribution in [3.8, 4) is 21.7 Å². The maximum Gasteiger partial charge on any atom is 0.337 e. The van der Waals surface area contributed by atoms with Crippen LogP contribution < -0.4 is 5.32 Å². The average Bonchev–Trinajstić information content (AvgIpc) is 3.64. The predicted molar refractivity (Wildman–Crippen MR) is 166 cm³/mol. The summed E-state index contributed by atoms with van der Waals surface area (Å²) >= 11 is 7.81. The second kappa shape index (κ2) is 10.5. The molecule has 0 bridgehead atoms. The van der Waals surface area contributed by atoms with E-state index in [1.54, 1.807) is 11.3 Å². The summed E-state index contributed by atoms with van der Waals surface area (Å²) in [6.45, 7) is 11.5. The fraction of sp³-hybridized carbons (Fsp3) is 0.344. The Morgan fingerprint density at radius 3 is 2.49 bits per heavy atom. The van der Waals surface area contributed by atoms with Gasteiger partial charge in [-0.3, -0.25) is 0 Å². The predicted octanol–water partition coefficient (Wildman–Crippen LogP) is 7.73. The van der Waals surface area contributed by atoms with Crippen molar-refractivity contribution < 1.29 is 14.6 Å². The van der Waals surface area contributed by atoms with Gasteiger partial charge in [-0.05, 0) is 95.1 Å². The fourth-order valence-corrected chi connectivity index (χ4v) is 7.08. The minimum Gasteiger partial charge on any atom is -0.479 e. The number of hydrogen-bond donors (Lipinski definition) is 2. The summed E-state index contributed by atoms with van der Waals surface area (Å²) in [5, 5.41) is 15.3. The van der Waals surface area contributed by atoms with E-state index in [1.807, 2.05) is 58.0 Å². The Morgan fingerprint density at radius 1 is 1.10 bits per heavy atom. The molecule has 0 radical (unpaired) electrons. The van der Waals surface area contributed by atoms with Crippen molar-refractivity contribution in [2.45, 2.75) is 58.8 Å². The summed E-state index contributed by atoms with van der Waals surface area (Å²) in [5.41, 5.74) is 6.38. The number of thiazole rings is 1. The van der Waals surface area contributed by atoms with Gasteiger partial charge >= 0.3 is 5.97 Å². The van der Waals surface area contributed by atoms with Crippen LogP contribution in [0.5, 0.6) is 0 Å². The van der Waals surface area contributed by atoms with Gasteiger partial charge in [-0.2, -0.15) is 0 Å². The lowest BCUT2D eigenvalue weighted by Crippen LogP contribution is -2.28. The number of fused-ring (bicyclic) bond motifs is 2. The van der Waals surface area contributed by atoms with Crippen LogP contribution in [-0.4, -0.2) is 44.3 Å². The molecule has 0 spiro atoms. The number of carbonyl (C=O) groups is 1. The molecule has 3 heterocycles. The second-order valence-corrected chi connectivity index (χ2v) is 13.1. The normalized spacial score (nSPS) is 16.6. The zero-order valence-corrected chi connectivity index (χ0v) is 25.4. The number of aliphatic carboxylic acids is 1. The first kappa shape index (κ1) is 27.8. The Bertz CT molecular complexity index is 1780. The minimum absolute atomic E-state index is 0.378. The maximum absolute atomic E-state index is 12.6. The highest BCUT2D eigenvalue weighted by Gasteiger charge is 2.32. The van der Waals surface area contributed by atoms with E-state index < -0.39 is 17.7 Å². The van der Waals surface area contributed by atoms with Gasteiger partial charge in [0.1, 0.15) is 10.8 Å². The topological polar surface area (TPSA) is 89.3 Å². The third-order valence-electron chi connectivity index (χ3n) is 7.53. The Labute approximate surface area is 248 Å². The van der Waals surface area contributed by atoms with Crippen LogP contribution in [0.25, 0.3) is 42.9 Å². The monoisotopic (exact) mass is 588 g/mol. The summed E-state index contributed by atoms with van der Waals surface area (Å²) in [7, 11) is 0. The zero-order chi connectivity index (χ0) is 29.1. The molecule has 41 heavy (non-hydrogen) atoms. The second-order valence-electron chi connectivity index (χ2n) is 11.7. The molecular formula is C32H33ClN4O3S. The molecule has 1 aliphatic heterocycles. The molecule has 1 aliphatic rings. The number of nitrogens with zero attached hydrogens (tertiary/aromatic N) is 3. The quantitative estimate of drug-likeness (QED) is 0.211. The van der Waals surface area contributed by atoms with Crippen molar-refractivity contribution >= 4 is 50.2 Å². The zero-order valence-electron chi connectivity index (χ0n) is 23.8. The Balaban J connectivity index is 1.57. The lowest BCUT2D eigenvalue weighted by Gasteiger charge is -2.28. The molecule has 9 heteroatoms. The Kier molecular flexibility index (Phi) is 7.14. The molecule has 212 valence electrons. The van der Waals surface area contributed by atoms with Gasteiger partial charge in [-0.15, -0.1) is 11.3 Å². The molecule has 6 rings (SSSR count). The van der Waals surface area contributed by atoms with Crippen LogP contribution in [0.15, 0.2) is 48.5 Å². The largest absolute Gasteiger partial charge is 0.479 e. The molecule has 0 aliphatic carbocycles. The third kappa shape index (κ3) is 5.26. The highest BCUT2D eigenvalue weighted by Crippen LogP contribution is 2.44. The third-order valence-corrected chi connectivity index (χ3v) is 8.92. The van der Waals surface area contributed by atoms with Gasteiger partial charge in [0.05, 0.1) is 26.9 Å². The number of aryl methyl sites for hydroxylation is 2. The van der Waals surface area contributed by atoms with Gasteiger partial charge < -0.3 is 19.7 Å². The summed E-state index contributed by atoms with van der Waals surface area (Å²) in [5.74, 6) is -0.0168. The van der Waals surface area contributed by atoms with Crippen molar-refractivity contribution in [1.29, 1.82) is 0 Å². The number of carboxylic acid groups (broad SMARTS) is 1. The van der Waals surface area contributed by atoms with Crippen LogP contribution in [0.3, 0.4) is 0 Å². The average molecular weight is 589 g/mol. The minimum atomic E-state index is -1.15. The fourth-order valence-electron chi connectivity index (χ4n) is 5.83. The van der Waals surface area contributed by atoms with Crippen LogP contribution >= 0.6 is 22.9 Å². The molecule has 1 fully saturated rings. The van der Waals surface area contributed by atoms with E-state index in [1.165, 1.54) is 0 Å². The van der Waals surface area contributed by atoms with Gasteiger partial charge in [0.2, 0.25) is 0 Å². The smallest absolute Gasteiger partial charge is 0.337 e. The molecule has 0 saturated carbocycles. The highest BCUT2D eigenvalue weighted by atomic mass is 35.5. The number of carboxylic acids is 1. The number of imidazole rings is 1. The molecule has 3 aromatic carbocycles. The first-order valence-electron chi connectivity index (χ1n) is 13.8. The van der Waals surface area contributed by atoms with E-state index in [0.29, 0.717) is 16.6 Å². The lowest BCUT2D eigenvalue weighted by atomic mass is 9.91. The SMILES string of the molecule is Cc1cc2nc(-c3ccc4nc(C)n([C@@H]5CCNC5)c4c3)sc2c(-c2ccc(Cl)cc2)c1[C@H](OC(C)(C)C)C(=O)O. The summed E-state index contributed by atoms with van der Waals surface area (Å²) < 4.78 is 9.40. The van der Waals surface area contributed by atoms with Gasteiger partial charge in [0.15, 0.2) is 6.10 Å². The van der Waals surface area contributed by atoms with Gasteiger partial charge in [0, 0.05) is 34.3 Å². The Hall–Kier alpha value is -3.30. The standard InChI is InChI=1S/C32H33ClN4O3S/c1-17-14-24-29(27(19-6-9-21(33)10-7-19)26(17)28(31(38)39)40-32(3,4)5)41-30(36-24)20-8-11-23-25(15-20)37(18(2)35-23)22-12-13-34-16-22/h6-11,14-15,22,28,34H,12-13,16H2,1-5H3,(H,38,39)/t22-,28+/m1/s1. The van der Waals surface area contributed by atoms with Crippen LogP contribution in [0, 0.1) is 13.8 Å². The number of ether oxygens (including phenoxy) is 1. The van der Waals surface area contributed by atoms with E-state index in [2.05, 4.69) is 35.0 Å². The molecule has 0 amide bonds. The number of aromatic nitrogens is 3. The molecule has 2 aromatic heterocycles. The van der Waals surface area contributed by atoms with Crippen molar-refractivity contribution in [3.05, 3.63) is 70.5 Å². The van der Waals surface area contributed by atoms with Crippen LogP contribution in [0.1, 0.15) is 56.3 Å². The highest BCUT2D eigenvalue weighted by molar-refractivity contribution is 7.22. The van der Waals surface area contributed by atoms with Crippen molar-refractivity contribution in [2.24, 2.45) is 0 Å². The van der Waals surface area contributed by atoms with E-state index in [9.17, 15) is 9.90 Å². The Morgan fingerprint density at radius 2 is 1.83 bits per heavy atom. The van der Waals surface area contributed by atoms with Crippen LogP contribution in [0.2, 0.25) is 5.02 Å². The number of nitrogens with one attached hydrogen (secondary N) is 1. The molecule has 2 N–H and O–H groups in total. The lowest BCUT2D eigenvalue weighted by molar-refractivity contribution is -0.160. The molecule has 7 nitrogen and oxygen atoms in total. The van der Waals surface area contributed by atoms with Crippen LogP contribution in [0.4, 0.5) is 0 Å². The van der Waals surface area contributed by atoms with E-state index in [0.717, 1.165) is 73.8 Å². The van der Waals surface area contributed by atoms with E-state index in [4.69, 9.17) is 26.3 Å². The molecule has 0 unspecified atom stereocenters. The van der Waals surface area contributed by atoms with E-state index in [-0.39, 0.29) is 0 Å². The molecular weight excluding hydrogens is 556 g/mol. The van der Waals surface area contributed by atoms with E-state index >= 15 is 0 Å². The maximum atomic E-state index is 12.6. The van der Waals surface area contributed by atoms with Gasteiger partial charge in [0.25, 0.3) is 0 Å². The number of hydrogen-bond acceptors (Lipinski definition) is 6. The molecule has 5 aromatic rings. The first-order chi connectivity index (χ1) is 19.5. The molecule has 1 saturated heterocycles. The van der Waals surface area contributed by atoms with Crippen molar-refractivity contribution in [1.82, 2.24) is 19.9 Å². The number of rotatable bonds is 6. The molecule has 2 atom stereocenters. The summed E-state index contributed by atoms with van der Waals surface area (Å²) in [6.07, 6.45) is -0.0738.